The molecule has 1 heterocycles. The van der Waals surface area contributed by atoms with Crippen LogP contribution in [0.15, 0.2) is 12.1 Å². The minimum atomic E-state index is -0.913. The molecule has 1 fully saturated rings. The van der Waals surface area contributed by atoms with Gasteiger partial charge in [0.15, 0.2) is 11.6 Å². The Labute approximate surface area is 99.5 Å². The van der Waals surface area contributed by atoms with Crippen LogP contribution < -0.4 is 4.74 Å². The molecule has 0 amide bonds. The topological polar surface area (TPSA) is 18.5 Å². The maximum atomic E-state index is 13.8. The van der Waals surface area contributed by atoms with Crippen molar-refractivity contribution >= 4 is 0 Å². The molecule has 2 nitrogen and oxygen atoms in total. The van der Waals surface area contributed by atoms with E-state index in [0.717, 1.165) is 12.8 Å². The standard InChI is InChI=1S/C13H16F2O2/c1-8-3-4-9(7-17-8)10-5-6-11(16-2)13(15)12(10)14/h5-6,8-9H,3-4,7H2,1-2H3/t8?,9-/m1/s1. The molecule has 1 aromatic rings. The average Bonchev–Trinajstić information content (AvgIpc) is 2.34. The van der Waals surface area contributed by atoms with Crippen LogP contribution in [0, 0.1) is 11.6 Å². The Balaban J connectivity index is 2.24. The summed E-state index contributed by atoms with van der Waals surface area (Å²) in [6.45, 7) is 2.44. The minimum absolute atomic E-state index is 0.0589. The number of rotatable bonds is 2. The first-order valence-electron chi connectivity index (χ1n) is 5.77. The molecule has 0 radical (unpaired) electrons. The van der Waals surface area contributed by atoms with Crippen LogP contribution in [-0.2, 0) is 4.74 Å². The minimum Gasteiger partial charge on any atom is -0.494 e. The van der Waals surface area contributed by atoms with Gasteiger partial charge in [0.25, 0.3) is 0 Å². The Kier molecular flexibility index (Phi) is 3.62. The van der Waals surface area contributed by atoms with Crippen molar-refractivity contribution in [2.24, 2.45) is 0 Å². The van der Waals surface area contributed by atoms with Gasteiger partial charge in [0.2, 0.25) is 5.82 Å². The van der Waals surface area contributed by atoms with Gasteiger partial charge in [0, 0.05) is 5.92 Å². The summed E-state index contributed by atoms with van der Waals surface area (Å²) in [5.74, 6) is -1.85. The molecule has 1 aliphatic heterocycles. The Morgan fingerprint density at radius 1 is 1.24 bits per heavy atom. The lowest BCUT2D eigenvalue weighted by atomic mass is 9.91. The highest BCUT2D eigenvalue weighted by molar-refractivity contribution is 5.33. The van der Waals surface area contributed by atoms with Crippen LogP contribution in [0.2, 0.25) is 0 Å². The second-order valence-corrected chi connectivity index (χ2v) is 4.40. The molecule has 0 aliphatic carbocycles. The smallest absolute Gasteiger partial charge is 0.200 e. The van der Waals surface area contributed by atoms with Crippen LogP contribution in [0.3, 0.4) is 0 Å². The van der Waals surface area contributed by atoms with E-state index in [0.29, 0.717) is 12.2 Å². The number of hydrogen-bond donors (Lipinski definition) is 0. The average molecular weight is 242 g/mol. The molecule has 1 aliphatic rings. The predicted octanol–water partition coefficient (Wildman–Crippen LogP) is 3.26. The lowest BCUT2D eigenvalue weighted by Crippen LogP contribution is -2.23. The Morgan fingerprint density at radius 3 is 2.59 bits per heavy atom. The largest absolute Gasteiger partial charge is 0.494 e. The van der Waals surface area contributed by atoms with Crippen LogP contribution in [0.1, 0.15) is 31.2 Å². The van der Waals surface area contributed by atoms with E-state index in [1.54, 1.807) is 6.07 Å². The molecule has 0 aromatic heterocycles. The van der Waals surface area contributed by atoms with Crippen molar-refractivity contribution in [1.29, 1.82) is 0 Å². The third-order valence-corrected chi connectivity index (χ3v) is 3.24. The van der Waals surface area contributed by atoms with Crippen molar-refractivity contribution in [2.45, 2.75) is 31.8 Å². The van der Waals surface area contributed by atoms with Crippen molar-refractivity contribution in [3.05, 3.63) is 29.3 Å². The molecular weight excluding hydrogens is 226 g/mol. The predicted molar refractivity (Wildman–Crippen MR) is 60.3 cm³/mol. The van der Waals surface area contributed by atoms with Gasteiger partial charge in [-0.1, -0.05) is 6.07 Å². The molecule has 0 bridgehead atoms. The van der Waals surface area contributed by atoms with Crippen LogP contribution in [0.25, 0.3) is 0 Å². The quantitative estimate of drug-likeness (QED) is 0.792. The molecule has 2 rings (SSSR count). The molecule has 0 spiro atoms. The summed E-state index contributed by atoms with van der Waals surface area (Å²) in [5, 5.41) is 0. The number of hydrogen-bond acceptors (Lipinski definition) is 2. The first-order chi connectivity index (χ1) is 8.13. The lowest BCUT2D eigenvalue weighted by Gasteiger charge is -2.27. The first kappa shape index (κ1) is 12.3. The maximum Gasteiger partial charge on any atom is 0.200 e. The van der Waals surface area contributed by atoms with E-state index in [1.807, 2.05) is 6.92 Å². The van der Waals surface area contributed by atoms with E-state index in [4.69, 9.17) is 9.47 Å². The van der Waals surface area contributed by atoms with Gasteiger partial charge in [-0.05, 0) is 31.4 Å². The molecule has 1 saturated heterocycles. The fourth-order valence-corrected chi connectivity index (χ4v) is 2.15. The Morgan fingerprint density at radius 2 is 2.00 bits per heavy atom. The van der Waals surface area contributed by atoms with Gasteiger partial charge in [0.1, 0.15) is 0 Å². The second kappa shape index (κ2) is 5.00. The summed E-state index contributed by atoms with van der Waals surface area (Å²) < 4.78 is 37.6. The molecule has 1 aromatic carbocycles. The monoisotopic (exact) mass is 242 g/mol. The zero-order chi connectivity index (χ0) is 12.4. The van der Waals surface area contributed by atoms with Crippen molar-refractivity contribution < 1.29 is 18.3 Å². The molecular formula is C13H16F2O2. The van der Waals surface area contributed by atoms with Gasteiger partial charge in [-0.15, -0.1) is 0 Å². The summed E-state index contributed by atoms with van der Waals surface area (Å²) >= 11 is 0. The molecule has 17 heavy (non-hydrogen) atoms. The summed E-state index contributed by atoms with van der Waals surface area (Å²) in [5.41, 5.74) is 0.384. The van der Waals surface area contributed by atoms with Crippen molar-refractivity contribution in [2.75, 3.05) is 13.7 Å². The van der Waals surface area contributed by atoms with Gasteiger partial charge in [-0.25, -0.2) is 4.39 Å². The van der Waals surface area contributed by atoms with Crippen LogP contribution in [-0.4, -0.2) is 19.8 Å². The Bertz CT molecular complexity index is 399. The third-order valence-electron chi connectivity index (χ3n) is 3.24. The molecule has 0 saturated carbocycles. The van der Waals surface area contributed by atoms with Crippen LogP contribution >= 0.6 is 0 Å². The number of ether oxygens (including phenoxy) is 2. The van der Waals surface area contributed by atoms with E-state index in [1.165, 1.54) is 13.2 Å². The molecule has 4 heteroatoms. The van der Waals surface area contributed by atoms with Crippen molar-refractivity contribution in [3.8, 4) is 5.75 Å². The number of halogens is 2. The summed E-state index contributed by atoms with van der Waals surface area (Å²) in [6.07, 6.45) is 1.90. The van der Waals surface area contributed by atoms with Gasteiger partial charge in [0.05, 0.1) is 19.8 Å². The van der Waals surface area contributed by atoms with Crippen LogP contribution in [0.5, 0.6) is 5.75 Å². The highest BCUT2D eigenvalue weighted by Gasteiger charge is 2.25. The SMILES string of the molecule is COc1ccc([C@@H]2CCC(C)OC2)c(F)c1F. The van der Waals surface area contributed by atoms with Gasteiger partial charge < -0.3 is 9.47 Å². The zero-order valence-electron chi connectivity index (χ0n) is 10.0. The molecule has 1 unspecified atom stereocenters. The van der Waals surface area contributed by atoms with Gasteiger partial charge >= 0.3 is 0 Å². The maximum absolute atomic E-state index is 13.8. The van der Waals surface area contributed by atoms with E-state index in [9.17, 15) is 8.78 Å². The van der Waals surface area contributed by atoms with E-state index in [2.05, 4.69) is 0 Å². The number of methoxy groups -OCH3 is 1. The lowest BCUT2D eigenvalue weighted by molar-refractivity contribution is 0.0146. The van der Waals surface area contributed by atoms with E-state index in [-0.39, 0.29) is 17.8 Å². The van der Waals surface area contributed by atoms with E-state index < -0.39 is 11.6 Å². The highest BCUT2D eigenvalue weighted by Crippen LogP contribution is 2.33. The van der Waals surface area contributed by atoms with Crippen molar-refractivity contribution in [1.82, 2.24) is 0 Å². The fraction of sp³-hybridized carbons (Fsp3) is 0.538. The first-order valence-corrected chi connectivity index (χ1v) is 5.77. The molecule has 2 atom stereocenters. The number of benzene rings is 1. The highest BCUT2D eigenvalue weighted by atomic mass is 19.2. The summed E-state index contributed by atoms with van der Waals surface area (Å²) in [7, 11) is 1.32. The van der Waals surface area contributed by atoms with E-state index >= 15 is 0 Å². The normalized spacial score (nSPS) is 24.7. The zero-order valence-corrected chi connectivity index (χ0v) is 10.0. The second-order valence-electron chi connectivity index (χ2n) is 4.40. The van der Waals surface area contributed by atoms with Crippen LogP contribution in [0.4, 0.5) is 8.78 Å². The van der Waals surface area contributed by atoms with Crippen molar-refractivity contribution in [3.63, 3.8) is 0 Å². The molecule has 0 N–H and O–H groups in total. The molecule has 94 valence electrons. The summed E-state index contributed by atoms with van der Waals surface area (Å²) in [6, 6.07) is 3.05. The van der Waals surface area contributed by atoms with Gasteiger partial charge in [-0.2, -0.15) is 4.39 Å². The third kappa shape index (κ3) is 2.41. The fourth-order valence-electron chi connectivity index (χ4n) is 2.15. The summed E-state index contributed by atoms with van der Waals surface area (Å²) in [4.78, 5) is 0. The Hall–Kier alpha value is -1.16. The van der Waals surface area contributed by atoms with Gasteiger partial charge in [-0.3, -0.25) is 0 Å².